The number of rotatable bonds is 5. The largest absolute Gasteiger partial charge is 0.494 e. The van der Waals surface area contributed by atoms with Crippen molar-refractivity contribution < 1.29 is 13.2 Å². The number of hydrogen-bond donors (Lipinski definition) is 1. The van der Waals surface area contributed by atoms with Crippen LogP contribution < -0.4 is 15.0 Å². The molecule has 0 bridgehead atoms. The van der Waals surface area contributed by atoms with Gasteiger partial charge in [0.2, 0.25) is 0 Å². The normalized spacial score (nSPS) is 11.6. The van der Waals surface area contributed by atoms with E-state index in [0.717, 1.165) is 4.88 Å². The number of anilines is 1. The van der Waals surface area contributed by atoms with Gasteiger partial charge in [0.1, 0.15) is 5.75 Å². The predicted octanol–water partition coefficient (Wildman–Crippen LogP) is 2.57. The summed E-state index contributed by atoms with van der Waals surface area (Å²) in [6, 6.07) is 6.47. The Morgan fingerprint density at radius 3 is 2.56 bits per heavy atom. The lowest BCUT2D eigenvalue weighted by atomic mass is 10.3. The van der Waals surface area contributed by atoms with Gasteiger partial charge in [-0.25, -0.2) is 13.4 Å². The third-order valence-electron chi connectivity index (χ3n) is 3.46. The first-order chi connectivity index (χ1) is 11.8. The first-order valence-electron chi connectivity index (χ1n) is 7.57. The minimum Gasteiger partial charge on any atom is -0.494 e. The fraction of sp³-hybridized carbons (Fsp3) is 0.250. The van der Waals surface area contributed by atoms with Crippen LogP contribution in [0.1, 0.15) is 17.5 Å². The van der Waals surface area contributed by atoms with Crippen molar-refractivity contribution >= 4 is 32.0 Å². The van der Waals surface area contributed by atoms with Gasteiger partial charge in [-0.3, -0.25) is 13.9 Å². The fourth-order valence-corrected chi connectivity index (χ4v) is 4.61. The van der Waals surface area contributed by atoms with E-state index in [9.17, 15) is 13.2 Å². The Bertz CT molecular complexity index is 1080. The number of aryl methyl sites for hydroxylation is 2. The molecule has 1 N–H and O–H groups in total. The SMILES string of the molecule is CCOc1ccc(NS(=O)(=O)c2c(C)nc3sc(C)cn3c2=O)cc1. The number of fused-ring (bicyclic) bond motifs is 1. The summed E-state index contributed by atoms with van der Waals surface area (Å²) >= 11 is 1.33. The van der Waals surface area contributed by atoms with Crippen LogP contribution in [0.25, 0.3) is 4.96 Å². The third kappa shape index (κ3) is 3.38. The van der Waals surface area contributed by atoms with Crippen LogP contribution in [-0.2, 0) is 10.0 Å². The Balaban J connectivity index is 2.02. The van der Waals surface area contributed by atoms with E-state index < -0.39 is 15.6 Å². The summed E-state index contributed by atoms with van der Waals surface area (Å²) in [5.41, 5.74) is -0.0931. The monoisotopic (exact) mass is 379 g/mol. The third-order valence-corrected chi connectivity index (χ3v) is 5.87. The maximum absolute atomic E-state index is 12.7. The topological polar surface area (TPSA) is 89.8 Å². The zero-order valence-electron chi connectivity index (χ0n) is 13.9. The highest BCUT2D eigenvalue weighted by atomic mass is 32.2. The first-order valence-corrected chi connectivity index (χ1v) is 9.87. The van der Waals surface area contributed by atoms with Crippen LogP contribution in [0.5, 0.6) is 5.75 Å². The lowest BCUT2D eigenvalue weighted by Crippen LogP contribution is -2.27. The molecule has 0 fully saturated rings. The van der Waals surface area contributed by atoms with Crippen molar-refractivity contribution in [2.45, 2.75) is 25.7 Å². The first kappa shape index (κ1) is 17.4. The molecule has 25 heavy (non-hydrogen) atoms. The molecule has 9 heteroatoms. The van der Waals surface area contributed by atoms with Crippen molar-refractivity contribution in [3.63, 3.8) is 0 Å². The standard InChI is InChI=1S/C16H17N3O4S2/c1-4-23-13-7-5-12(6-8-13)18-25(21,22)14-11(3)17-16-19(15(14)20)9-10(2)24-16/h5-9,18H,4H2,1-3H3. The highest BCUT2D eigenvalue weighted by Gasteiger charge is 2.24. The van der Waals surface area contributed by atoms with E-state index in [1.54, 1.807) is 30.5 Å². The maximum atomic E-state index is 12.7. The quantitative estimate of drug-likeness (QED) is 0.736. The average Bonchev–Trinajstić information content (AvgIpc) is 2.89. The highest BCUT2D eigenvalue weighted by Crippen LogP contribution is 2.21. The summed E-state index contributed by atoms with van der Waals surface area (Å²) in [5, 5.41) is 0. The Morgan fingerprint density at radius 1 is 1.24 bits per heavy atom. The van der Waals surface area contributed by atoms with Crippen molar-refractivity contribution in [3.05, 3.63) is 51.4 Å². The Morgan fingerprint density at radius 2 is 1.92 bits per heavy atom. The van der Waals surface area contributed by atoms with Gasteiger partial charge < -0.3 is 4.74 Å². The predicted molar refractivity (Wildman–Crippen MR) is 97.2 cm³/mol. The Kier molecular flexibility index (Phi) is 4.53. The van der Waals surface area contributed by atoms with Crippen LogP contribution in [0.2, 0.25) is 0 Å². The number of nitrogens with one attached hydrogen (secondary N) is 1. The van der Waals surface area contributed by atoms with Crippen LogP contribution in [0, 0.1) is 13.8 Å². The molecule has 0 aliphatic carbocycles. The van der Waals surface area contributed by atoms with Gasteiger partial charge in [-0.2, -0.15) is 0 Å². The number of hydrogen-bond acceptors (Lipinski definition) is 6. The van der Waals surface area contributed by atoms with E-state index in [1.165, 1.54) is 22.7 Å². The van der Waals surface area contributed by atoms with Gasteiger partial charge in [0, 0.05) is 16.8 Å². The molecule has 0 aliphatic rings. The van der Waals surface area contributed by atoms with Crippen LogP contribution in [0.15, 0.2) is 40.2 Å². The maximum Gasteiger partial charge on any atom is 0.279 e. The van der Waals surface area contributed by atoms with Gasteiger partial charge in [-0.05, 0) is 45.0 Å². The van der Waals surface area contributed by atoms with Crippen LogP contribution in [0.4, 0.5) is 5.69 Å². The van der Waals surface area contributed by atoms with Crippen molar-refractivity contribution in [2.24, 2.45) is 0 Å². The number of aromatic nitrogens is 2. The molecule has 0 saturated heterocycles. The van der Waals surface area contributed by atoms with E-state index in [2.05, 4.69) is 9.71 Å². The number of nitrogens with zero attached hydrogens (tertiary/aromatic N) is 2. The van der Waals surface area contributed by atoms with Crippen molar-refractivity contribution in [1.82, 2.24) is 9.38 Å². The summed E-state index contributed by atoms with van der Waals surface area (Å²) in [5.74, 6) is 0.638. The molecule has 3 rings (SSSR count). The van der Waals surface area contributed by atoms with Gasteiger partial charge in [-0.1, -0.05) is 0 Å². The lowest BCUT2D eigenvalue weighted by Gasteiger charge is -2.10. The molecule has 0 radical (unpaired) electrons. The molecule has 2 heterocycles. The molecule has 2 aromatic heterocycles. The summed E-state index contributed by atoms with van der Waals surface area (Å²) in [6.07, 6.45) is 1.59. The minimum absolute atomic E-state index is 0.172. The molecular formula is C16H17N3O4S2. The minimum atomic E-state index is -4.06. The van der Waals surface area contributed by atoms with E-state index in [1.807, 2.05) is 13.8 Å². The van der Waals surface area contributed by atoms with E-state index in [0.29, 0.717) is 23.0 Å². The fourth-order valence-electron chi connectivity index (χ4n) is 2.44. The number of ether oxygens (including phenoxy) is 1. The molecule has 0 atom stereocenters. The molecular weight excluding hydrogens is 362 g/mol. The molecule has 0 amide bonds. The molecule has 132 valence electrons. The second kappa shape index (κ2) is 6.49. The van der Waals surface area contributed by atoms with Crippen molar-refractivity contribution in [2.75, 3.05) is 11.3 Å². The Hall–Kier alpha value is -2.39. The molecule has 0 saturated carbocycles. The summed E-state index contributed by atoms with van der Waals surface area (Å²) in [7, 11) is -4.06. The summed E-state index contributed by atoms with van der Waals surface area (Å²) in [4.78, 5) is 17.9. The zero-order valence-corrected chi connectivity index (χ0v) is 15.6. The average molecular weight is 379 g/mol. The van der Waals surface area contributed by atoms with Gasteiger partial charge in [0.15, 0.2) is 9.86 Å². The number of thiazole rings is 1. The second-order valence-corrected chi connectivity index (χ2v) is 8.22. The molecule has 0 unspecified atom stereocenters. The van der Waals surface area contributed by atoms with Crippen LogP contribution >= 0.6 is 11.3 Å². The molecule has 1 aromatic carbocycles. The molecule has 7 nitrogen and oxygen atoms in total. The second-order valence-electron chi connectivity index (χ2n) is 5.39. The van der Waals surface area contributed by atoms with Crippen molar-refractivity contribution in [1.29, 1.82) is 0 Å². The smallest absolute Gasteiger partial charge is 0.279 e. The summed E-state index contributed by atoms with van der Waals surface area (Å²) in [6.45, 7) is 5.73. The lowest BCUT2D eigenvalue weighted by molar-refractivity contribution is 0.340. The molecule has 0 spiro atoms. The molecule has 3 aromatic rings. The number of sulfonamides is 1. The van der Waals surface area contributed by atoms with Crippen LogP contribution in [-0.4, -0.2) is 24.4 Å². The van der Waals surface area contributed by atoms with Gasteiger partial charge >= 0.3 is 0 Å². The van der Waals surface area contributed by atoms with Gasteiger partial charge in [0.05, 0.1) is 12.3 Å². The summed E-state index contributed by atoms with van der Waals surface area (Å²) < 4.78 is 34.4. The number of benzene rings is 1. The zero-order chi connectivity index (χ0) is 18.2. The highest BCUT2D eigenvalue weighted by molar-refractivity contribution is 7.92. The van der Waals surface area contributed by atoms with Crippen LogP contribution in [0.3, 0.4) is 0 Å². The Labute approximate surface area is 149 Å². The molecule has 0 aliphatic heterocycles. The van der Waals surface area contributed by atoms with E-state index in [4.69, 9.17) is 4.74 Å². The van der Waals surface area contributed by atoms with E-state index >= 15 is 0 Å². The van der Waals surface area contributed by atoms with Gasteiger partial charge in [-0.15, -0.1) is 11.3 Å². The van der Waals surface area contributed by atoms with Gasteiger partial charge in [0.25, 0.3) is 15.6 Å². The van der Waals surface area contributed by atoms with Crippen molar-refractivity contribution in [3.8, 4) is 5.75 Å². The van der Waals surface area contributed by atoms with E-state index in [-0.39, 0.29) is 10.6 Å².